The normalized spacial score (nSPS) is 12.1. The van der Waals surface area contributed by atoms with Crippen molar-refractivity contribution in [1.82, 2.24) is 20.2 Å². The summed E-state index contributed by atoms with van der Waals surface area (Å²) in [6, 6.07) is 9.39. The molecule has 0 spiro atoms. The number of hydrogen-bond acceptors (Lipinski definition) is 6. The maximum Gasteiger partial charge on any atom is 0.417 e. The Bertz CT molecular complexity index is 989. The maximum atomic E-state index is 13.0. The molecule has 2 aromatic carbocycles. The van der Waals surface area contributed by atoms with Crippen molar-refractivity contribution in [3.8, 4) is 11.4 Å². The first-order chi connectivity index (χ1) is 11.8. The van der Waals surface area contributed by atoms with E-state index in [2.05, 4.69) is 15.5 Å². The van der Waals surface area contributed by atoms with E-state index in [1.54, 1.807) is 6.07 Å². The van der Waals surface area contributed by atoms with Crippen LogP contribution in [0.1, 0.15) is 5.56 Å². The van der Waals surface area contributed by atoms with Gasteiger partial charge in [0, 0.05) is 6.07 Å². The van der Waals surface area contributed by atoms with E-state index >= 15 is 0 Å². The molecule has 0 N–H and O–H groups in total. The Morgan fingerprint density at radius 2 is 1.80 bits per heavy atom. The van der Waals surface area contributed by atoms with Crippen molar-refractivity contribution in [3.05, 3.63) is 60.4 Å². The average molecular weight is 370 g/mol. The third kappa shape index (κ3) is 3.60. The first kappa shape index (κ1) is 16.9. The molecule has 0 fully saturated rings. The summed E-state index contributed by atoms with van der Waals surface area (Å²) in [4.78, 5) is -0.963. The van der Waals surface area contributed by atoms with Crippen LogP contribution in [0.2, 0.25) is 0 Å². The lowest BCUT2D eigenvalue weighted by atomic mass is 10.2. The van der Waals surface area contributed by atoms with Crippen molar-refractivity contribution < 1.29 is 25.8 Å². The molecule has 0 amide bonds. The molecule has 0 aliphatic carbocycles. The zero-order valence-corrected chi connectivity index (χ0v) is 13.1. The van der Waals surface area contributed by atoms with Gasteiger partial charge in [-0.05, 0) is 34.7 Å². The number of tetrazole rings is 1. The number of benzene rings is 2. The minimum atomic E-state index is -4.83. The van der Waals surface area contributed by atoms with E-state index in [1.165, 1.54) is 35.3 Å². The highest BCUT2D eigenvalue weighted by atomic mass is 32.2. The molecule has 25 heavy (non-hydrogen) atoms. The summed E-state index contributed by atoms with van der Waals surface area (Å²) in [7, 11) is -4.69. The molecule has 1 heterocycles. The molecule has 3 aromatic rings. The second kappa shape index (κ2) is 6.16. The van der Waals surface area contributed by atoms with E-state index in [0.29, 0.717) is 11.8 Å². The molecule has 0 atom stereocenters. The standard InChI is InChI=1S/C14H9F3N4O3S/c15-14(16,17)12-6-1-2-7-13(12)25(22,23)24-11-5-3-4-10(8-11)21-9-18-19-20-21/h1-9H. The summed E-state index contributed by atoms with van der Waals surface area (Å²) in [5, 5.41) is 10.5. The number of hydrogen-bond donors (Lipinski definition) is 0. The lowest BCUT2D eigenvalue weighted by molar-refractivity contribution is -0.139. The highest BCUT2D eigenvalue weighted by Crippen LogP contribution is 2.35. The lowest BCUT2D eigenvalue weighted by Crippen LogP contribution is -2.17. The van der Waals surface area contributed by atoms with Gasteiger partial charge in [-0.2, -0.15) is 21.6 Å². The third-order valence-electron chi connectivity index (χ3n) is 3.10. The van der Waals surface area contributed by atoms with E-state index in [1.807, 2.05) is 0 Å². The smallest absolute Gasteiger partial charge is 0.379 e. The van der Waals surface area contributed by atoms with Crippen LogP contribution in [0.5, 0.6) is 5.75 Å². The maximum absolute atomic E-state index is 13.0. The van der Waals surface area contributed by atoms with Crippen LogP contribution in [0, 0.1) is 0 Å². The van der Waals surface area contributed by atoms with Crippen molar-refractivity contribution in [3.63, 3.8) is 0 Å². The fourth-order valence-electron chi connectivity index (χ4n) is 2.05. The molecule has 130 valence electrons. The van der Waals surface area contributed by atoms with E-state index in [-0.39, 0.29) is 5.75 Å². The van der Waals surface area contributed by atoms with Crippen LogP contribution < -0.4 is 4.18 Å². The summed E-state index contributed by atoms with van der Waals surface area (Å²) >= 11 is 0. The van der Waals surface area contributed by atoms with Gasteiger partial charge in [0.05, 0.1) is 11.3 Å². The van der Waals surface area contributed by atoms with Gasteiger partial charge in [0.25, 0.3) is 0 Å². The topological polar surface area (TPSA) is 87.0 Å². The lowest BCUT2D eigenvalue weighted by Gasteiger charge is -2.13. The zero-order valence-electron chi connectivity index (χ0n) is 12.3. The molecular formula is C14H9F3N4O3S. The van der Waals surface area contributed by atoms with E-state index < -0.39 is 26.8 Å². The minimum Gasteiger partial charge on any atom is -0.379 e. The molecule has 0 saturated carbocycles. The molecule has 0 unspecified atom stereocenters. The Morgan fingerprint density at radius 3 is 2.48 bits per heavy atom. The van der Waals surface area contributed by atoms with Gasteiger partial charge in [0.2, 0.25) is 0 Å². The van der Waals surface area contributed by atoms with Gasteiger partial charge >= 0.3 is 16.3 Å². The van der Waals surface area contributed by atoms with Crippen LogP contribution in [0.4, 0.5) is 13.2 Å². The fourth-order valence-corrected chi connectivity index (χ4v) is 3.19. The molecule has 0 bridgehead atoms. The molecule has 7 nitrogen and oxygen atoms in total. The Morgan fingerprint density at radius 1 is 1.04 bits per heavy atom. The second-order valence-electron chi connectivity index (χ2n) is 4.78. The summed E-state index contributed by atoms with van der Waals surface area (Å²) < 4.78 is 69.8. The molecule has 0 aliphatic heterocycles. The SMILES string of the molecule is O=S(=O)(Oc1cccc(-n2cnnn2)c1)c1ccccc1C(F)(F)F. The Hall–Kier alpha value is -2.95. The van der Waals surface area contributed by atoms with Crippen molar-refractivity contribution in [2.45, 2.75) is 11.1 Å². The van der Waals surface area contributed by atoms with E-state index in [9.17, 15) is 21.6 Å². The Balaban J connectivity index is 1.97. The molecule has 0 radical (unpaired) electrons. The number of alkyl halides is 3. The van der Waals surface area contributed by atoms with Crippen LogP contribution in [0.25, 0.3) is 5.69 Å². The molecule has 3 rings (SSSR count). The van der Waals surface area contributed by atoms with E-state index in [4.69, 9.17) is 4.18 Å². The van der Waals surface area contributed by atoms with Gasteiger partial charge in [-0.15, -0.1) is 5.10 Å². The van der Waals surface area contributed by atoms with Crippen LogP contribution in [-0.4, -0.2) is 28.6 Å². The predicted molar refractivity (Wildman–Crippen MR) is 78.4 cm³/mol. The largest absolute Gasteiger partial charge is 0.417 e. The number of nitrogens with zero attached hydrogens (tertiary/aromatic N) is 4. The summed E-state index contributed by atoms with van der Waals surface area (Å²) in [5.41, 5.74) is -0.923. The van der Waals surface area contributed by atoms with Crippen LogP contribution >= 0.6 is 0 Å². The summed E-state index contributed by atoms with van der Waals surface area (Å²) in [6.07, 6.45) is -3.56. The predicted octanol–water partition coefficient (Wildman–Crippen LogP) is 2.45. The Kier molecular flexibility index (Phi) is 4.17. The number of aromatic nitrogens is 4. The van der Waals surface area contributed by atoms with Gasteiger partial charge in [-0.25, -0.2) is 4.68 Å². The van der Waals surface area contributed by atoms with E-state index in [0.717, 1.165) is 12.1 Å². The van der Waals surface area contributed by atoms with Gasteiger partial charge < -0.3 is 4.18 Å². The van der Waals surface area contributed by atoms with Crippen LogP contribution in [0.3, 0.4) is 0 Å². The molecule has 0 aliphatic rings. The average Bonchev–Trinajstić information content (AvgIpc) is 3.08. The second-order valence-corrected chi connectivity index (χ2v) is 6.30. The van der Waals surface area contributed by atoms with Gasteiger partial charge in [-0.3, -0.25) is 0 Å². The summed E-state index contributed by atoms with van der Waals surface area (Å²) in [5.74, 6) is -0.176. The van der Waals surface area contributed by atoms with Crippen molar-refractivity contribution in [2.24, 2.45) is 0 Å². The fraction of sp³-hybridized carbons (Fsp3) is 0.0714. The van der Waals surface area contributed by atoms with Gasteiger partial charge in [-0.1, -0.05) is 18.2 Å². The third-order valence-corrected chi connectivity index (χ3v) is 4.41. The number of halogens is 3. The van der Waals surface area contributed by atoms with Crippen LogP contribution in [0.15, 0.2) is 59.8 Å². The molecule has 1 aromatic heterocycles. The van der Waals surface area contributed by atoms with Gasteiger partial charge in [0.15, 0.2) is 0 Å². The monoisotopic (exact) mass is 370 g/mol. The van der Waals surface area contributed by atoms with Crippen molar-refractivity contribution in [1.29, 1.82) is 0 Å². The van der Waals surface area contributed by atoms with Gasteiger partial charge in [0.1, 0.15) is 17.0 Å². The number of rotatable bonds is 4. The quantitative estimate of drug-likeness (QED) is 0.656. The zero-order chi connectivity index (χ0) is 18.1. The van der Waals surface area contributed by atoms with Crippen LogP contribution in [-0.2, 0) is 16.3 Å². The van der Waals surface area contributed by atoms with Crippen molar-refractivity contribution in [2.75, 3.05) is 0 Å². The molecular weight excluding hydrogens is 361 g/mol. The first-order valence-electron chi connectivity index (χ1n) is 6.71. The minimum absolute atomic E-state index is 0.176. The Labute approximate surface area is 139 Å². The molecule has 0 saturated heterocycles. The highest BCUT2D eigenvalue weighted by molar-refractivity contribution is 7.87. The molecule has 11 heteroatoms. The van der Waals surface area contributed by atoms with Crippen molar-refractivity contribution >= 4 is 10.1 Å². The summed E-state index contributed by atoms with van der Waals surface area (Å²) in [6.45, 7) is 0. The highest BCUT2D eigenvalue weighted by Gasteiger charge is 2.37. The first-order valence-corrected chi connectivity index (χ1v) is 8.12.